The lowest BCUT2D eigenvalue weighted by atomic mass is 10.2. The molecule has 3 aromatic rings. The van der Waals surface area contributed by atoms with Gasteiger partial charge < -0.3 is 5.32 Å². The Morgan fingerprint density at radius 2 is 2.23 bits per heavy atom. The van der Waals surface area contributed by atoms with Gasteiger partial charge in [-0.15, -0.1) is 11.6 Å². The number of alkyl halides is 1. The summed E-state index contributed by atoms with van der Waals surface area (Å²) in [5.41, 5.74) is 1.84. The SMILES string of the molecule is O=C(CCN1CC(Cl)C=N1)NCc1ccnc(-n2[nH]cc(-c3cccnc3)c2=O)c1. The summed E-state index contributed by atoms with van der Waals surface area (Å²) in [6.07, 6.45) is 8.51. The number of halogens is 1. The van der Waals surface area contributed by atoms with Gasteiger partial charge in [-0.2, -0.15) is 5.10 Å². The molecule has 1 amide bonds. The molecule has 1 unspecified atom stereocenters. The molecule has 154 valence electrons. The number of aromatic amines is 1. The molecule has 0 aliphatic carbocycles. The maximum Gasteiger partial charge on any atom is 0.280 e. The van der Waals surface area contributed by atoms with Gasteiger partial charge in [-0.1, -0.05) is 6.07 Å². The van der Waals surface area contributed by atoms with Crippen molar-refractivity contribution >= 4 is 23.7 Å². The second-order valence-corrected chi connectivity index (χ2v) is 7.37. The molecule has 30 heavy (non-hydrogen) atoms. The first-order valence-corrected chi connectivity index (χ1v) is 9.90. The van der Waals surface area contributed by atoms with Crippen LogP contribution in [0.5, 0.6) is 0 Å². The van der Waals surface area contributed by atoms with Crippen molar-refractivity contribution in [2.45, 2.75) is 18.3 Å². The van der Waals surface area contributed by atoms with Gasteiger partial charge >= 0.3 is 0 Å². The molecule has 10 heteroatoms. The quantitative estimate of drug-likeness (QED) is 0.558. The van der Waals surface area contributed by atoms with E-state index in [9.17, 15) is 9.59 Å². The zero-order chi connectivity index (χ0) is 20.9. The third-order valence-electron chi connectivity index (χ3n) is 4.65. The predicted octanol–water partition coefficient (Wildman–Crippen LogP) is 1.54. The molecule has 9 nitrogen and oxygen atoms in total. The van der Waals surface area contributed by atoms with Gasteiger partial charge in [0.1, 0.15) is 0 Å². The minimum absolute atomic E-state index is 0.0857. The van der Waals surface area contributed by atoms with E-state index in [2.05, 4.69) is 25.5 Å². The number of nitrogens with one attached hydrogen (secondary N) is 2. The van der Waals surface area contributed by atoms with Crippen LogP contribution < -0.4 is 10.9 Å². The van der Waals surface area contributed by atoms with E-state index in [1.54, 1.807) is 54.2 Å². The summed E-state index contributed by atoms with van der Waals surface area (Å²) >= 11 is 5.95. The van der Waals surface area contributed by atoms with E-state index in [4.69, 9.17) is 11.6 Å². The van der Waals surface area contributed by atoms with E-state index in [1.807, 2.05) is 6.07 Å². The van der Waals surface area contributed by atoms with Crippen LogP contribution >= 0.6 is 11.6 Å². The average Bonchev–Trinajstić information content (AvgIpc) is 3.37. The maximum absolute atomic E-state index is 12.8. The molecule has 3 aromatic heterocycles. The third kappa shape index (κ3) is 4.57. The molecular weight excluding hydrogens is 406 g/mol. The van der Waals surface area contributed by atoms with Crippen LogP contribution in [0.1, 0.15) is 12.0 Å². The first kappa shape index (κ1) is 19.8. The summed E-state index contributed by atoms with van der Waals surface area (Å²) in [7, 11) is 0. The summed E-state index contributed by atoms with van der Waals surface area (Å²) in [4.78, 5) is 33.2. The number of rotatable bonds is 7. The average molecular weight is 426 g/mol. The van der Waals surface area contributed by atoms with Gasteiger partial charge in [0.2, 0.25) is 5.91 Å². The van der Waals surface area contributed by atoms with Gasteiger partial charge in [-0.25, -0.2) is 9.67 Å². The lowest BCUT2D eigenvalue weighted by molar-refractivity contribution is -0.121. The summed E-state index contributed by atoms with van der Waals surface area (Å²) in [5.74, 6) is 0.360. The van der Waals surface area contributed by atoms with Crippen molar-refractivity contribution in [3.8, 4) is 16.9 Å². The number of carbonyl (C=O) groups excluding carboxylic acids is 1. The van der Waals surface area contributed by atoms with E-state index in [-0.39, 0.29) is 16.8 Å². The second-order valence-electron chi connectivity index (χ2n) is 6.81. The Morgan fingerprint density at radius 1 is 1.33 bits per heavy atom. The Morgan fingerprint density at radius 3 is 3.00 bits per heavy atom. The number of hydrazone groups is 1. The van der Waals surface area contributed by atoms with Gasteiger partial charge in [-0.3, -0.25) is 24.7 Å². The van der Waals surface area contributed by atoms with Crippen molar-refractivity contribution < 1.29 is 4.79 Å². The summed E-state index contributed by atoms with van der Waals surface area (Å²) < 4.78 is 1.36. The molecule has 0 radical (unpaired) electrons. The Kier molecular flexibility index (Phi) is 5.89. The topological polar surface area (TPSA) is 108 Å². The highest BCUT2D eigenvalue weighted by Crippen LogP contribution is 2.14. The largest absolute Gasteiger partial charge is 0.352 e. The van der Waals surface area contributed by atoms with Gasteiger partial charge in [0.05, 0.1) is 17.5 Å². The van der Waals surface area contributed by atoms with Crippen LogP contribution in [0.3, 0.4) is 0 Å². The molecule has 0 saturated carbocycles. The predicted molar refractivity (Wildman–Crippen MR) is 114 cm³/mol. The molecule has 1 aliphatic heterocycles. The van der Waals surface area contributed by atoms with Crippen LogP contribution in [0, 0.1) is 0 Å². The van der Waals surface area contributed by atoms with Gasteiger partial charge in [0.15, 0.2) is 5.82 Å². The van der Waals surface area contributed by atoms with Crippen molar-refractivity contribution in [2.75, 3.05) is 13.1 Å². The molecule has 1 atom stereocenters. The van der Waals surface area contributed by atoms with Crippen LogP contribution in [0.2, 0.25) is 0 Å². The molecule has 0 aromatic carbocycles. The molecule has 1 aliphatic rings. The summed E-state index contributed by atoms with van der Waals surface area (Å²) in [6.45, 7) is 1.47. The molecule has 4 heterocycles. The highest BCUT2D eigenvalue weighted by molar-refractivity contribution is 6.28. The molecule has 4 rings (SSSR count). The summed E-state index contributed by atoms with van der Waals surface area (Å²) in [5, 5.41) is 11.6. The maximum atomic E-state index is 12.8. The Hall–Kier alpha value is -3.46. The monoisotopic (exact) mass is 425 g/mol. The number of nitrogens with zero attached hydrogens (tertiary/aromatic N) is 5. The van der Waals surface area contributed by atoms with Crippen LogP contribution in [0.4, 0.5) is 0 Å². The van der Waals surface area contributed by atoms with E-state index >= 15 is 0 Å². The molecule has 0 fully saturated rings. The first-order chi connectivity index (χ1) is 14.6. The van der Waals surface area contributed by atoms with E-state index in [0.29, 0.717) is 37.4 Å². The number of pyridine rings is 2. The van der Waals surface area contributed by atoms with Crippen molar-refractivity contribution in [3.63, 3.8) is 0 Å². The van der Waals surface area contributed by atoms with Gasteiger partial charge in [0.25, 0.3) is 5.56 Å². The highest BCUT2D eigenvalue weighted by atomic mass is 35.5. The summed E-state index contributed by atoms with van der Waals surface area (Å²) in [6, 6.07) is 7.15. The Bertz CT molecular complexity index is 1110. The normalized spacial score (nSPS) is 15.5. The molecule has 0 saturated heterocycles. The highest BCUT2D eigenvalue weighted by Gasteiger charge is 2.16. The van der Waals surface area contributed by atoms with Crippen LogP contribution in [0.15, 0.2) is 58.9 Å². The number of aromatic nitrogens is 4. The zero-order valence-electron chi connectivity index (χ0n) is 16.0. The van der Waals surface area contributed by atoms with Crippen molar-refractivity contribution in [1.82, 2.24) is 30.1 Å². The lowest BCUT2D eigenvalue weighted by Crippen LogP contribution is -2.28. The molecule has 2 N–H and O–H groups in total. The van der Waals surface area contributed by atoms with Crippen LogP contribution in [0.25, 0.3) is 16.9 Å². The van der Waals surface area contributed by atoms with Crippen molar-refractivity contribution in [1.29, 1.82) is 0 Å². The molecule has 0 bridgehead atoms. The molecule has 0 spiro atoms. The fourth-order valence-corrected chi connectivity index (χ4v) is 3.30. The van der Waals surface area contributed by atoms with Gasteiger partial charge in [0, 0.05) is 56.1 Å². The minimum Gasteiger partial charge on any atom is -0.352 e. The molecular formula is C20H20ClN7O2. The zero-order valence-corrected chi connectivity index (χ0v) is 16.8. The van der Waals surface area contributed by atoms with Crippen LogP contribution in [-0.4, -0.2) is 55.3 Å². The Balaban J connectivity index is 1.39. The number of H-pyrrole nitrogens is 1. The fraction of sp³-hybridized carbons (Fsp3) is 0.250. The smallest absolute Gasteiger partial charge is 0.280 e. The van der Waals surface area contributed by atoms with E-state index in [1.165, 1.54) is 4.68 Å². The number of amides is 1. The fourth-order valence-electron chi connectivity index (χ4n) is 3.09. The first-order valence-electron chi connectivity index (χ1n) is 9.46. The Labute approximate surface area is 177 Å². The van der Waals surface area contributed by atoms with Crippen molar-refractivity contribution in [2.24, 2.45) is 5.10 Å². The number of hydrogen-bond acceptors (Lipinski definition) is 6. The van der Waals surface area contributed by atoms with Crippen molar-refractivity contribution in [3.05, 3.63) is 65.0 Å². The minimum atomic E-state index is -0.222. The number of carbonyl (C=O) groups is 1. The number of hydrogen-bond donors (Lipinski definition) is 2. The second kappa shape index (κ2) is 8.91. The van der Waals surface area contributed by atoms with Crippen LogP contribution in [-0.2, 0) is 11.3 Å². The van der Waals surface area contributed by atoms with E-state index < -0.39 is 0 Å². The van der Waals surface area contributed by atoms with Gasteiger partial charge in [-0.05, 0) is 23.8 Å². The third-order valence-corrected chi connectivity index (χ3v) is 4.90. The lowest BCUT2D eigenvalue weighted by Gasteiger charge is -2.14. The standard InChI is InChI=1S/C20H20ClN7O2/c21-16-11-25-27(13-16)7-4-19(29)24-9-14-3-6-23-18(8-14)28-20(30)17(12-26-28)15-2-1-5-22-10-15/h1-3,5-6,8,10-12,16,26H,4,7,9,13H2,(H,24,29). The van der Waals surface area contributed by atoms with E-state index in [0.717, 1.165) is 11.1 Å².